The summed E-state index contributed by atoms with van der Waals surface area (Å²) >= 11 is 19.7. The van der Waals surface area contributed by atoms with Crippen LogP contribution in [0.4, 0.5) is 5.69 Å². The molecule has 1 saturated heterocycles. The van der Waals surface area contributed by atoms with Gasteiger partial charge in [-0.15, -0.1) is 0 Å². The second kappa shape index (κ2) is 9.23. The molecule has 1 amide bonds. The lowest BCUT2D eigenvalue weighted by Gasteiger charge is -2.14. The van der Waals surface area contributed by atoms with Crippen LogP contribution in [0.5, 0.6) is 5.75 Å². The van der Waals surface area contributed by atoms with Crippen LogP contribution in [0.1, 0.15) is 25.8 Å². The van der Waals surface area contributed by atoms with Crippen LogP contribution in [0.25, 0.3) is 6.08 Å². The Kier molecular flexibility index (Phi) is 6.94. The van der Waals surface area contributed by atoms with Crippen LogP contribution in [0.2, 0.25) is 15.1 Å². The third-order valence-corrected chi connectivity index (χ3v) is 5.98. The summed E-state index contributed by atoms with van der Waals surface area (Å²) in [5.41, 5.74) is 1.29. The zero-order valence-corrected chi connectivity index (χ0v) is 18.2. The summed E-state index contributed by atoms with van der Waals surface area (Å²) in [5.74, 6) is 0.387. The predicted octanol–water partition coefficient (Wildman–Crippen LogP) is 6.72. The number of hydrogen-bond donors (Lipinski definition) is 1. The molecule has 2 aromatic rings. The second-order valence-electron chi connectivity index (χ2n) is 6.08. The van der Waals surface area contributed by atoms with Gasteiger partial charge in [-0.25, -0.2) is 4.99 Å². The summed E-state index contributed by atoms with van der Waals surface area (Å²) in [7, 11) is 0. The highest BCUT2D eigenvalue weighted by Crippen LogP contribution is 2.35. The van der Waals surface area contributed by atoms with Crippen molar-refractivity contribution in [1.29, 1.82) is 0 Å². The number of halogens is 3. The van der Waals surface area contributed by atoms with Crippen molar-refractivity contribution in [2.45, 2.75) is 26.4 Å². The lowest BCUT2D eigenvalue weighted by molar-refractivity contribution is -0.115. The Morgan fingerprint density at radius 1 is 1.21 bits per heavy atom. The number of nitrogens with zero attached hydrogens (tertiary/aromatic N) is 1. The summed E-state index contributed by atoms with van der Waals surface area (Å²) in [6.07, 6.45) is 2.72. The molecule has 4 nitrogen and oxygen atoms in total. The number of aliphatic imine (C=N–C) groups is 1. The fourth-order valence-electron chi connectivity index (χ4n) is 2.32. The van der Waals surface area contributed by atoms with Crippen molar-refractivity contribution in [3.05, 3.63) is 61.9 Å². The molecule has 0 unspecified atom stereocenters. The molecule has 0 saturated carbocycles. The minimum atomic E-state index is -0.238. The van der Waals surface area contributed by atoms with Crippen molar-refractivity contribution in [2.75, 3.05) is 0 Å². The van der Waals surface area contributed by atoms with Crippen LogP contribution < -0.4 is 10.1 Å². The minimum Gasteiger partial charge on any atom is -0.489 e. The van der Waals surface area contributed by atoms with E-state index in [1.165, 1.54) is 11.8 Å². The molecule has 0 aliphatic carbocycles. The maximum atomic E-state index is 12.3. The number of thioether (sulfide) groups is 1. The molecule has 1 aliphatic rings. The Bertz CT molecular complexity index is 976. The molecule has 1 atom stereocenters. The van der Waals surface area contributed by atoms with Gasteiger partial charge in [-0.2, -0.15) is 0 Å². The minimum absolute atomic E-state index is 0.0787. The maximum Gasteiger partial charge on any atom is 0.264 e. The standard InChI is InChI=1S/C20H17Cl3N2O2S/c1-3-11(2)27-16-8-7-12(9-14(16)22)10-17-19(26)25-20(28-17)24-15-6-4-5-13(21)18(15)23/h4-11H,3H2,1-2H3,(H,24,25,26)/b17-10+/t11-/m0/s1. The summed E-state index contributed by atoms with van der Waals surface area (Å²) in [6.45, 7) is 4.03. The van der Waals surface area contributed by atoms with E-state index >= 15 is 0 Å². The van der Waals surface area contributed by atoms with E-state index in [1.54, 1.807) is 36.4 Å². The van der Waals surface area contributed by atoms with Gasteiger partial charge in [0.15, 0.2) is 5.17 Å². The zero-order chi connectivity index (χ0) is 20.3. The summed E-state index contributed by atoms with van der Waals surface area (Å²) in [6, 6.07) is 10.6. The van der Waals surface area contributed by atoms with Crippen LogP contribution in [0.3, 0.4) is 0 Å². The molecular formula is C20H17Cl3N2O2S. The van der Waals surface area contributed by atoms with Crippen LogP contribution in [-0.2, 0) is 4.79 Å². The van der Waals surface area contributed by atoms with Crippen molar-refractivity contribution in [3.63, 3.8) is 0 Å². The largest absolute Gasteiger partial charge is 0.489 e. The van der Waals surface area contributed by atoms with E-state index in [0.29, 0.717) is 36.6 Å². The maximum absolute atomic E-state index is 12.3. The predicted molar refractivity (Wildman–Crippen MR) is 119 cm³/mol. The third-order valence-electron chi connectivity index (χ3n) is 3.96. The molecule has 1 N–H and O–H groups in total. The van der Waals surface area contributed by atoms with Gasteiger partial charge in [0.05, 0.1) is 31.8 Å². The van der Waals surface area contributed by atoms with Crippen molar-refractivity contribution < 1.29 is 9.53 Å². The molecule has 1 aliphatic heterocycles. The van der Waals surface area contributed by atoms with Gasteiger partial charge in [0.25, 0.3) is 5.91 Å². The molecule has 0 bridgehead atoms. The molecule has 28 heavy (non-hydrogen) atoms. The van der Waals surface area contributed by atoms with Gasteiger partial charge in [-0.05, 0) is 61.0 Å². The molecule has 3 rings (SSSR count). The Hall–Kier alpha value is -1.66. The first-order chi connectivity index (χ1) is 13.4. The van der Waals surface area contributed by atoms with Crippen LogP contribution in [0.15, 0.2) is 46.3 Å². The van der Waals surface area contributed by atoms with Gasteiger partial charge in [0.1, 0.15) is 5.75 Å². The first-order valence-corrected chi connectivity index (χ1v) is 10.5. The van der Waals surface area contributed by atoms with E-state index in [9.17, 15) is 4.79 Å². The fourth-order valence-corrected chi connectivity index (χ4v) is 3.73. The first-order valence-electron chi connectivity index (χ1n) is 8.57. The van der Waals surface area contributed by atoms with E-state index in [4.69, 9.17) is 39.5 Å². The Balaban J connectivity index is 1.80. The highest BCUT2D eigenvalue weighted by molar-refractivity contribution is 8.18. The molecule has 0 spiro atoms. The van der Waals surface area contributed by atoms with Gasteiger partial charge >= 0.3 is 0 Å². The lowest BCUT2D eigenvalue weighted by atomic mass is 10.2. The van der Waals surface area contributed by atoms with Gasteiger partial charge in [0, 0.05) is 0 Å². The molecule has 8 heteroatoms. The summed E-state index contributed by atoms with van der Waals surface area (Å²) in [5, 5.41) is 4.40. The first kappa shape index (κ1) is 21.1. The second-order valence-corrected chi connectivity index (χ2v) is 8.30. The van der Waals surface area contributed by atoms with Gasteiger partial charge < -0.3 is 10.1 Å². The lowest BCUT2D eigenvalue weighted by Crippen LogP contribution is -2.19. The molecule has 0 radical (unpaired) electrons. The van der Waals surface area contributed by atoms with Crippen LogP contribution >= 0.6 is 46.6 Å². The summed E-state index contributed by atoms with van der Waals surface area (Å²) in [4.78, 5) is 17.2. The number of rotatable bonds is 5. The highest BCUT2D eigenvalue weighted by atomic mass is 35.5. The monoisotopic (exact) mass is 454 g/mol. The Morgan fingerprint density at radius 3 is 2.71 bits per heavy atom. The van der Waals surface area contributed by atoms with Crippen molar-refractivity contribution in [2.24, 2.45) is 4.99 Å². The Morgan fingerprint density at radius 2 is 2.00 bits per heavy atom. The number of carbonyl (C=O) groups is 1. The number of hydrogen-bond acceptors (Lipinski definition) is 4. The number of ether oxygens (including phenoxy) is 1. The average molecular weight is 456 g/mol. The smallest absolute Gasteiger partial charge is 0.264 e. The number of benzene rings is 2. The number of amidine groups is 1. The highest BCUT2D eigenvalue weighted by Gasteiger charge is 2.24. The van der Waals surface area contributed by atoms with Crippen molar-refractivity contribution in [3.8, 4) is 5.75 Å². The van der Waals surface area contributed by atoms with Crippen LogP contribution in [0, 0.1) is 0 Å². The summed E-state index contributed by atoms with van der Waals surface area (Å²) < 4.78 is 5.77. The quantitative estimate of drug-likeness (QED) is 0.509. The SMILES string of the molecule is CC[C@H](C)Oc1ccc(/C=C2/SC(=Nc3cccc(Cl)c3Cl)NC2=O)cc1Cl. The van der Waals surface area contributed by atoms with Gasteiger partial charge in [-0.3, -0.25) is 4.79 Å². The third kappa shape index (κ3) is 5.03. The van der Waals surface area contributed by atoms with E-state index in [1.807, 2.05) is 19.9 Å². The van der Waals surface area contributed by atoms with Gasteiger partial charge in [-0.1, -0.05) is 53.9 Å². The van der Waals surface area contributed by atoms with Crippen molar-refractivity contribution in [1.82, 2.24) is 5.32 Å². The average Bonchev–Trinajstić information content (AvgIpc) is 3.00. The topological polar surface area (TPSA) is 50.7 Å². The molecule has 0 aromatic heterocycles. The normalized spacial score (nSPS) is 17.8. The van der Waals surface area contributed by atoms with E-state index in [0.717, 1.165) is 12.0 Å². The van der Waals surface area contributed by atoms with E-state index < -0.39 is 0 Å². The molecule has 2 aromatic carbocycles. The molecule has 1 fully saturated rings. The number of carbonyl (C=O) groups excluding carboxylic acids is 1. The molecule has 1 heterocycles. The zero-order valence-electron chi connectivity index (χ0n) is 15.1. The fraction of sp³-hybridized carbons (Fsp3) is 0.200. The van der Waals surface area contributed by atoms with E-state index in [-0.39, 0.29) is 12.0 Å². The van der Waals surface area contributed by atoms with E-state index in [2.05, 4.69) is 10.3 Å². The number of amides is 1. The van der Waals surface area contributed by atoms with Crippen molar-refractivity contribution >= 4 is 69.4 Å². The molecule has 146 valence electrons. The molecular weight excluding hydrogens is 439 g/mol. The van der Waals surface area contributed by atoms with Gasteiger partial charge in [0.2, 0.25) is 0 Å². The Labute approximate surface area is 182 Å². The van der Waals surface area contributed by atoms with Crippen LogP contribution in [-0.4, -0.2) is 17.2 Å². The number of nitrogens with one attached hydrogen (secondary N) is 1.